The van der Waals surface area contributed by atoms with Crippen molar-refractivity contribution in [1.29, 1.82) is 0 Å². The molecule has 4 nitrogen and oxygen atoms in total. The molecule has 0 unspecified atom stereocenters. The molecule has 2 rings (SSSR count). The number of amides is 1. The van der Waals surface area contributed by atoms with Crippen LogP contribution in [0.1, 0.15) is 36.1 Å². The Hall–Kier alpha value is -2.75. The second-order valence-corrected chi connectivity index (χ2v) is 5.82. The van der Waals surface area contributed by atoms with Crippen LogP contribution < -0.4 is 14.8 Å². The van der Waals surface area contributed by atoms with Gasteiger partial charge in [-0.1, -0.05) is 36.8 Å². The van der Waals surface area contributed by atoms with E-state index in [0.717, 1.165) is 17.5 Å². The zero-order chi connectivity index (χ0) is 18.2. The minimum atomic E-state index is -0.134. The summed E-state index contributed by atoms with van der Waals surface area (Å²) in [4.78, 5) is 12.3. The van der Waals surface area contributed by atoms with Crippen LogP contribution in [0.2, 0.25) is 0 Å². The van der Waals surface area contributed by atoms with Gasteiger partial charge in [-0.3, -0.25) is 4.79 Å². The number of nitrogens with one attached hydrogen (secondary N) is 1. The van der Waals surface area contributed by atoms with Gasteiger partial charge in [-0.2, -0.15) is 0 Å². The van der Waals surface area contributed by atoms with Gasteiger partial charge in [0.25, 0.3) is 0 Å². The molecule has 0 radical (unpaired) electrons. The van der Waals surface area contributed by atoms with Crippen LogP contribution in [-0.4, -0.2) is 20.1 Å². The standard InChI is InChI=1S/C21H25NO3/c1-5-19(16-8-6-15(2)7-9-16)22-21(23)13-11-17-10-12-18(24-3)14-20(17)25-4/h6-14,19H,5H2,1-4H3,(H,22,23)/b13-11+/t19-/m0/s1. The van der Waals surface area contributed by atoms with E-state index >= 15 is 0 Å². The zero-order valence-electron chi connectivity index (χ0n) is 15.2. The maximum atomic E-state index is 12.3. The third-order valence-electron chi connectivity index (χ3n) is 4.06. The second-order valence-electron chi connectivity index (χ2n) is 5.82. The normalized spacial score (nSPS) is 12.0. The Balaban J connectivity index is 2.08. The van der Waals surface area contributed by atoms with Crippen molar-refractivity contribution in [3.05, 3.63) is 65.2 Å². The minimum absolute atomic E-state index is 0.00415. The first-order valence-electron chi connectivity index (χ1n) is 8.34. The zero-order valence-corrected chi connectivity index (χ0v) is 15.2. The molecule has 0 aromatic heterocycles. The van der Waals surface area contributed by atoms with E-state index < -0.39 is 0 Å². The topological polar surface area (TPSA) is 47.6 Å². The maximum Gasteiger partial charge on any atom is 0.244 e. The molecule has 0 aliphatic rings. The van der Waals surface area contributed by atoms with Crippen molar-refractivity contribution in [3.8, 4) is 11.5 Å². The van der Waals surface area contributed by atoms with Gasteiger partial charge >= 0.3 is 0 Å². The lowest BCUT2D eigenvalue weighted by atomic mass is 10.0. The van der Waals surface area contributed by atoms with E-state index in [4.69, 9.17) is 9.47 Å². The van der Waals surface area contributed by atoms with Crippen LogP contribution in [0.15, 0.2) is 48.5 Å². The molecule has 0 aliphatic carbocycles. The predicted molar refractivity (Wildman–Crippen MR) is 101 cm³/mol. The minimum Gasteiger partial charge on any atom is -0.497 e. The quantitative estimate of drug-likeness (QED) is 0.765. The lowest BCUT2D eigenvalue weighted by molar-refractivity contribution is -0.117. The fourth-order valence-electron chi connectivity index (χ4n) is 2.56. The molecule has 0 saturated heterocycles. The van der Waals surface area contributed by atoms with Crippen molar-refractivity contribution in [2.24, 2.45) is 0 Å². The van der Waals surface area contributed by atoms with Crippen LogP contribution in [0.25, 0.3) is 6.08 Å². The lowest BCUT2D eigenvalue weighted by Crippen LogP contribution is -2.26. The summed E-state index contributed by atoms with van der Waals surface area (Å²) in [6.07, 6.45) is 4.10. The SMILES string of the molecule is CC[C@H](NC(=O)/C=C/c1ccc(OC)cc1OC)c1ccc(C)cc1. The predicted octanol–water partition coefficient (Wildman–Crippen LogP) is 4.29. The average molecular weight is 339 g/mol. The van der Waals surface area contributed by atoms with Crippen LogP contribution >= 0.6 is 0 Å². The number of aryl methyl sites for hydroxylation is 1. The van der Waals surface area contributed by atoms with Crippen LogP contribution in [0.5, 0.6) is 11.5 Å². The monoisotopic (exact) mass is 339 g/mol. The molecule has 2 aromatic carbocycles. The van der Waals surface area contributed by atoms with Crippen molar-refractivity contribution >= 4 is 12.0 Å². The first-order valence-corrected chi connectivity index (χ1v) is 8.34. The smallest absolute Gasteiger partial charge is 0.244 e. The molecule has 0 spiro atoms. The highest BCUT2D eigenvalue weighted by atomic mass is 16.5. The summed E-state index contributed by atoms with van der Waals surface area (Å²) in [7, 11) is 3.20. The van der Waals surface area contributed by atoms with E-state index in [1.807, 2.05) is 19.1 Å². The molecule has 0 fully saturated rings. The van der Waals surface area contributed by atoms with Gasteiger partial charge < -0.3 is 14.8 Å². The molecule has 1 N–H and O–H groups in total. The largest absolute Gasteiger partial charge is 0.497 e. The molecule has 0 aliphatic heterocycles. The number of rotatable bonds is 7. The lowest BCUT2D eigenvalue weighted by Gasteiger charge is -2.16. The Morgan fingerprint density at radius 2 is 1.84 bits per heavy atom. The van der Waals surface area contributed by atoms with Gasteiger partial charge in [0, 0.05) is 17.7 Å². The van der Waals surface area contributed by atoms with Crippen LogP contribution in [0, 0.1) is 6.92 Å². The number of hydrogen-bond donors (Lipinski definition) is 1. The molecule has 1 amide bonds. The number of carbonyl (C=O) groups excluding carboxylic acids is 1. The highest BCUT2D eigenvalue weighted by molar-refractivity contribution is 5.92. The van der Waals surface area contributed by atoms with Crippen LogP contribution in [0.4, 0.5) is 0 Å². The number of hydrogen-bond acceptors (Lipinski definition) is 3. The first kappa shape index (κ1) is 18.6. The van der Waals surface area contributed by atoms with Crippen molar-refractivity contribution in [3.63, 3.8) is 0 Å². The van der Waals surface area contributed by atoms with Crippen molar-refractivity contribution in [1.82, 2.24) is 5.32 Å². The van der Waals surface area contributed by atoms with E-state index in [1.54, 1.807) is 26.4 Å². The van der Waals surface area contributed by atoms with E-state index in [-0.39, 0.29) is 11.9 Å². The van der Waals surface area contributed by atoms with Crippen LogP contribution in [0.3, 0.4) is 0 Å². The molecule has 132 valence electrons. The fourth-order valence-corrected chi connectivity index (χ4v) is 2.56. The Kier molecular flexibility index (Phi) is 6.63. The molecule has 0 saturated carbocycles. The van der Waals surface area contributed by atoms with Crippen molar-refractivity contribution in [2.45, 2.75) is 26.3 Å². The maximum absolute atomic E-state index is 12.3. The summed E-state index contributed by atoms with van der Waals surface area (Å²) in [6, 6.07) is 13.7. The highest BCUT2D eigenvalue weighted by Gasteiger charge is 2.11. The molecule has 4 heteroatoms. The molecular weight excluding hydrogens is 314 g/mol. The molecule has 2 aromatic rings. The Morgan fingerprint density at radius 3 is 2.44 bits per heavy atom. The molecule has 0 bridgehead atoms. The van der Waals surface area contributed by atoms with Crippen LogP contribution in [-0.2, 0) is 4.79 Å². The van der Waals surface area contributed by atoms with Gasteiger partial charge in [0.15, 0.2) is 0 Å². The summed E-state index contributed by atoms with van der Waals surface area (Å²) in [5.41, 5.74) is 3.13. The third-order valence-corrected chi connectivity index (χ3v) is 4.06. The Labute approximate surface area is 149 Å². The van der Waals surface area contributed by atoms with Crippen molar-refractivity contribution in [2.75, 3.05) is 14.2 Å². The summed E-state index contributed by atoms with van der Waals surface area (Å²) >= 11 is 0. The molecule has 0 heterocycles. The van der Waals surface area contributed by atoms with Gasteiger partial charge in [-0.25, -0.2) is 0 Å². The number of ether oxygens (including phenoxy) is 2. The Bertz CT molecular complexity index is 735. The highest BCUT2D eigenvalue weighted by Crippen LogP contribution is 2.25. The Morgan fingerprint density at radius 1 is 1.12 bits per heavy atom. The van der Waals surface area contributed by atoms with Gasteiger partial charge in [-0.05, 0) is 37.1 Å². The number of methoxy groups -OCH3 is 2. The van der Waals surface area contributed by atoms with E-state index in [9.17, 15) is 4.79 Å². The average Bonchev–Trinajstić information content (AvgIpc) is 2.65. The van der Waals surface area contributed by atoms with Gasteiger partial charge in [-0.15, -0.1) is 0 Å². The third kappa shape index (κ3) is 5.11. The van der Waals surface area contributed by atoms with E-state index in [1.165, 1.54) is 11.6 Å². The number of carbonyl (C=O) groups is 1. The summed E-state index contributed by atoms with van der Waals surface area (Å²) in [5.74, 6) is 1.24. The van der Waals surface area contributed by atoms with Gasteiger partial charge in [0.05, 0.1) is 20.3 Å². The van der Waals surface area contributed by atoms with Gasteiger partial charge in [0.2, 0.25) is 5.91 Å². The first-order chi connectivity index (χ1) is 12.1. The fraction of sp³-hybridized carbons (Fsp3) is 0.286. The molecule has 25 heavy (non-hydrogen) atoms. The summed E-state index contributed by atoms with van der Waals surface area (Å²) in [6.45, 7) is 4.11. The van der Waals surface area contributed by atoms with E-state index in [2.05, 4.69) is 36.5 Å². The van der Waals surface area contributed by atoms with Gasteiger partial charge in [0.1, 0.15) is 11.5 Å². The van der Waals surface area contributed by atoms with E-state index in [0.29, 0.717) is 11.5 Å². The van der Waals surface area contributed by atoms with Crippen molar-refractivity contribution < 1.29 is 14.3 Å². The molecular formula is C21H25NO3. The summed E-state index contributed by atoms with van der Waals surface area (Å²) < 4.78 is 10.5. The summed E-state index contributed by atoms with van der Waals surface area (Å²) in [5, 5.41) is 3.04. The molecule has 1 atom stereocenters. The number of benzene rings is 2. The second kappa shape index (κ2) is 8.92.